The van der Waals surface area contributed by atoms with Crippen LogP contribution in [0, 0.1) is 0 Å². The van der Waals surface area contributed by atoms with E-state index in [-0.39, 0.29) is 46.2 Å². The van der Waals surface area contributed by atoms with Crippen LogP contribution in [0.15, 0.2) is 37.2 Å². The molecule has 0 aromatic carbocycles. The van der Waals surface area contributed by atoms with E-state index in [1.54, 1.807) is 80.2 Å². The highest BCUT2D eigenvalue weighted by molar-refractivity contribution is 9.08. The van der Waals surface area contributed by atoms with Crippen molar-refractivity contribution in [3.05, 3.63) is 54.3 Å². The number of amides is 4. The maximum atomic E-state index is 11.7. The lowest BCUT2D eigenvalue weighted by atomic mass is 10.2. The Hall–Kier alpha value is -5.08. The Morgan fingerprint density at radius 2 is 1.00 bits per heavy atom. The van der Waals surface area contributed by atoms with Crippen LogP contribution in [0.3, 0.4) is 0 Å². The summed E-state index contributed by atoms with van der Waals surface area (Å²) in [4.78, 5) is 79.2. The molecule has 5 rings (SSSR count). The van der Waals surface area contributed by atoms with Gasteiger partial charge in [-0.25, -0.2) is 24.5 Å². The Kier molecular flexibility index (Phi) is 24.2. The molecule has 20 heteroatoms. The molecule has 2 aliphatic heterocycles. The van der Waals surface area contributed by atoms with E-state index in [4.69, 9.17) is 15.2 Å². The summed E-state index contributed by atoms with van der Waals surface area (Å²) in [5.41, 5.74) is 6.95. The smallest absolute Gasteiger partial charge is 0.413 e. The highest BCUT2D eigenvalue weighted by Gasteiger charge is 2.27. The maximum Gasteiger partial charge on any atom is 0.413 e. The van der Waals surface area contributed by atoms with Gasteiger partial charge in [-0.15, -0.1) is 0 Å². The lowest BCUT2D eigenvalue weighted by Crippen LogP contribution is -2.53. The molecule has 0 aliphatic carbocycles. The number of nitrogens with two attached hydrogens (primary N) is 1. The molecule has 348 valence electrons. The predicted molar refractivity (Wildman–Crippen MR) is 247 cm³/mol. The molecule has 2 saturated heterocycles. The second kappa shape index (κ2) is 26.4. The molecule has 4 N–H and O–H groups in total. The van der Waals surface area contributed by atoms with Crippen LogP contribution in [0.5, 0.6) is 0 Å². The Labute approximate surface area is 377 Å². The number of nitrogens with zero attached hydrogens (tertiary/aromatic N) is 10. The Bertz CT molecular complexity index is 1810. The average molecular weight is 935 g/mol. The minimum Gasteiger partial charge on any atom is -0.444 e. The highest BCUT2D eigenvalue weighted by atomic mass is 79.9. The van der Waals surface area contributed by atoms with Gasteiger partial charge in [-0.3, -0.25) is 45.0 Å². The van der Waals surface area contributed by atoms with Gasteiger partial charge in [-0.1, -0.05) is 38.2 Å². The molecule has 0 unspecified atom stereocenters. The molecule has 19 nitrogen and oxygen atoms in total. The fourth-order valence-corrected chi connectivity index (χ4v) is 6.29. The monoisotopic (exact) mass is 933 g/mol. The number of piperazine rings is 2. The molecule has 5 heterocycles. The lowest BCUT2D eigenvalue weighted by molar-refractivity contribution is -0.134. The number of hydrogen-bond donors (Lipinski definition) is 3. The van der Waals surface area contributed by atoms with Crippen LogP contribution in [0.25, 0.3) is 0 Å². The van der Waals surface area contributed by atoms with Crippen LogP contribution in [-0.2, 0) is 37.5 Å². The zero-order valence-corrected chi connectivity index (χ0v) is 37.4. The molecule has 0 bridgehead atoms. The van der Waals surface area contributed by atoms with Gasteiger partial charge in [0, 0.05) is 83.6 Å². The first-order valence-corrected chi connectivity index (χ1v) is 20.5. The van der Waals surface area contributed by atoms with E-state index in [1.165, 1.54) is 12.4 Å². The van der Waals surface area contributed by atoms with Crippen molar-refractivity contribution in [2.24, 2.45) is 0 Å². The second-order valence-electron chi connectivity index (χ2n) is 16.2. The summed E-state index contributed by atoms with van der Waals surface area (Å²) in [5, 5.41) is 5.69. The van der Waals surface area contributed by atoms with Gasteiger partial charge in [0.2, 0.25) is 11.8 Å². The third-order valence-electron chi connectivity index (χ3n) is 8.53. The topological polar surface area (TPSA) is 227 Å². The van der Waals surface area contributed by atoms with Crippen molar-refractivity contribution in [2.45, 2.75) is 133 Å². The van der Waals surface area contributed by atoms with E-state index in [0.717, 1.165) is 62.9 Å². The van der Waals surface area contributed by atoms with E-state index in [2.05, 4.69) is 73.2 Å². The highest BCUT2D eigenvalue weighted by Crippen LogP contribution is 2.15. The van der Waals surface area contributed by atoms with Crippen molar-refractivity contribution < 1.29 is 28.7 Å². The molecule has 3 aromatic rings. The molecular formula is C42H72BrN13O6. The molecule has 0 spiro atoms. The summed E-state index contributed by atoms with van der Waals surface area (Å²) in [6.07, 6.45) is 8.43. The van der Waals surface area contributed by atoms with Crippen LogP contribution in [0.4, 0.5) is 27.0 Å². The van der Waals surface area contributed by atoms with Crippen LogP contribution < -0.4 is 16.4 Å². The first-order valence-electron chi connectivity index (χ1n) is 19.3. The van der Waals surface area contributed by atoms with Crippen LogP contribution in [0.2, 0.25) is 0 Å². The minimum absolute atomic E-state index is 0. The summed E-state index contributed by atoms with van der Waals surface area (Å²) in [6, 6.07) is 0.435. The van der Waals surface area contributed by atoms with Crippen molar-refractivity contribution in [3.8, 4) is 0 Å². The van der Waals surface area contributed by atoms with E-state index < -0.39 is 23.4 Å². The number of carbonyl (C=O) groups is 4. The quantitative estimate of drug-likeness (QED) is 0.212. The second-order valence-corrected chi connectivity index (χ2v) is 16.8. The van der Waals surface area contributed by atoms with Crippen molar-refractivity contribution >= 4 is 57.4 Å². The standard InChI is InChI=1S/C17H27N5O3.C12H19N5O.C10H14BrN3O2.3CH4/c1-12-10-21(6-7-22(12)13(2)23)11-14-8-19-15(9-18-14)20-16(24)25-17(3,4)5;1-9-7-16(3-4-17(9)10(2)18)8-11-5-15-12(13)6-14-11;1-10(2,3)16-9(15)14-8-6-12-7(4-11)5-13-8;;;/h8-9,12H,6-7,10-11H2,1-5H3,(H,19,20,24);5-6,9H,3-4,7-8H2,1-2H3,(H2,13,15);5-6H,4H2,1-3H3,(H,13,14,15);3*1H4/t12-;9-;;;;/m00..../s1. The van der Waals surface area contributed by atoms with Crippen molar-refractivity contribution in [2.75, 3.05) is 55.6 Å². The first-order chi connectivity index (χ1) is 27.6. The summed E-state index contributed by atoms with van der Waals surface area (Å²) in [7, 11) is 0. The van der Waals surface area contributed by atoms with Crippen molar-refractivity contribution in [3.63, 3.8) is 0 Å². The van der Waals surface area contributed by atoms with Crippen LogP contribution in [0.1, 0.15) is 109 Å². The minimum atomic E-state index is -0.559. The summed E-state index contributed by atoms with van der Waals surface area (Å²) < 4.78 is 10.2. The molecule has 0 saturated carbocycles. The summed E-state index contributed by atoms with van der Waals surface area (Å²) in [5.74, 6) is 1.43. The van der Waals surface area contributed by atoms with E-state index in [9.17, 15) is 19.2 Å². The predicted octanol–water partition coefficient (Wildman–Crippen LogP) is 6.61. The molecule has 2 atom stereocenters. The van der Waals surface area contributed by atoms with E-state index in [0.29, 0.717) is 29.3 Å². The average Bonchev–Trinajstić information content (AvgIpc) is 3.12. The van der Waals surface area contributed by atoms with Gasteiger partial charge in [0.15, 0.2) is 11.6 Å². The number of nitrogens with one attached hydrogen (secondary N) is 2. The number of halogens is 1. The van der Waals surface area contributed by atoms with E-state index in [1.807, 2.05) is 16.7 Å². The van der Waals surface area contributed by atoms with Crippen molar-refractivity contribution in [1.82, 2.24) is 49.5 Å². The third-order valence-corrected chi connectivity index (χ3v) is 9.11. The summed E-state index contributed by atoms with van der Waals surface area (Å²) >= 11 is 3.26. The Balaban J connectivity index is 0.000000904. The van der Waals surface area contributed by atoms with Gasteiger partial charge >= 0.3 is 12.2 Å². The number of ether oxygens (including phenoxy) is 2. The van der Waals surface area contributed by atoms with Gasteiger partial charge in [0.25, 0.3) is 0 Å². The van der Waals surface area contributed by atoms with Gasteiger partial charge in [0.1, 0.15) is 17.0 Å². The number of aromatic nitrogens is 6. The SMILES string of the molecule is C.C.C.CC(=O)N1CCN(Cc2cnc(N)cn2)C[C@@H]1C.CC(=O)N1CCN(Cc2cnc(NC(=O)OC(C)(C)C)cn2)C[C@@H]1C.CC(C)(C)OC(=O)Nc1cnc(CBr)cn1. The molecule has 3 aromatic heterocycles. The Morgan fingerprint density at radius 3 is 1.29 bits per heavy atom. The number of carbonyl (C=O) groups excluding carboxylic acids is 4. The third kappa shape index (κ3) is 21.1. The van der Waals surface area contributed by atoms with Crippen LogP contribution >= 0.6 is 15.9 Å². The fourth-order valence-electron chi connectivity index (χ4n) is 6.00. The summed E-state index contributed by atoms with van der Waals surface area (Å²) in [6.45, 7) is 24.4. The largest absolute Gasteiger partial charge is 0.444 e. The van der Waals surface area contributed by atoms with Crippen molar-refractivity contribution in [1.29, 1.82) is 0 Å². The van der Waals surface area contributed by atoms with Gasteiger partial charge in [-0.2, -0.15) is 0 Å². The van der Waals surface area contributed by atoms with Gasteiger partial charge in [0.05, 0.1) is 54.3 Å². The van der Waals surface area contributed by atoms with Gasteiger partial charge in [-0.05, 0) is 55.4 Å². The lowest BCUT2D eigenvalue weighted by Gasteiger charge is -2.39. The zero-order valence-electron chi connectivity index (χ0n) is 35.9. The van der Waals surface area contributed by atoms with E-state index >= 15 is 0 Å². The number of nitrogen functional groups attached to an aromatic ring is 1. The first kappa shape index (κ1) is 56.9. The molecule has 0 radical (unpaired) electrons. The molecule has 2 aliphatic rings. The number of hydrogen-bond acceptors (Lipinski definition) is 15. The Morgan fingerprint density at radius 1 is 0.629 bits per heavy atom. The van der Waals surface area contributed by atoms with Crippen LogP contribution in [-0.4, -0.2) is 136 Å². The van der Waals surface area contributed by atoms with Gasteiger partial charge < -0.3 is 25.0 Å². The molecular weight excluding hydrogens is 862 g/mol. The number of rotatable bonds is 7. The molecule has 4 amide bonds. The number of alkyl halides is 1. The fraction of sp³-hybridized carbons (Fsp3) is 0.619. The molecule has 2 fully saturated rings. The number of anilines is 3. The normalized spacial score (nSPS) is 16.5. The maximum absolute atomic E-state index is 11.7. The zero-order chi connectivity index (χ0) is 43.9. The molecule has 62 heavy (non-hydrogen) atoms.